The lowest BCUT2D eigenvalue weighted by Crippen LogP contribution is -2.21. The summed E-state index contributed by atoms with van der Waals surface area (Å²) in [4.78, 5) is 8.60. The molecule has 0 saturated heterocycles. The summed E-state index contributed by atoms with van der Waals surface area (Å²) < 4.78 is 19.0. The molecule has 0 amide bonds. The van der Waals surface area contributed by atoms with Crippen LogP contribution in [0.2, 0.25) is 5.02 Å². The Labute approximate surface area is 171 Å². The molecule has 4 heterocycles. The van der Waals surface area contributed by atoms with Crippen molar-refractivity contribution in [3.8, 4) is 17.4 Å². The molecule has 146 valence electrons. The van der Waals surface area contributed by atoms with E-state index < -0.39 is 0 Å². The van der Waals surface area contributed by atoms with Gasteiger partial charge in [0.1, 0.15) is 6.61 Å². The fourth-order valence-electron chi connectivity index (χ4n) is 3.32. The summed E-state index contributed by atoms with van der Waals surface area (Å²) in [6, 6.07) is 11.5. The van der Waals surface area contributed by atoms with Gasteiger partial charge in [-0.25, -0.2) is 14.5 Å². The van der Waals surface area contributed by atoms with Gasteiger partial charge < -0.3 is 14.2 Å². The molecule has 5 rings (SSSR count). The molecular weight excluding hydrogens is 392 g/mol. The fourth-order valence-corrected chi connectivity index (χ4v) is 3.47. The topological polar surface area (TPSA) is 70.8 Å². The number of pyridine rings is 1. The second-order valence-corrected chi connectivity index (χ2v) is 7.14. The summed E-state index contributed by atoms with van der Waals surface area (Å²) in [5, 5.41) is 4.90. The lowest BCUT2D eigenvalue weighted by Gasteiger charge is -2.27. The molecular formula is C21H17ClN4O3. The van der Waals surface area contributed by atoms with Gasteiger partial charge in [0.05, 0.1) is 30.2 Å². The highest BCUT2D eigenvalue weighted by Gasteiger charge is 2.23. The van der Waals surface area contributed by atoms with Gasteiger partial charge in [-0.2, -0.15) is 5.10 Å². The summed E-state index contributed by atoms with van der Waals surface area (Å²) in [7, 11) is 1.59. The van der Waals surface area contributed by atoms with Crippen molar-refractivity contribution in [2.24, 2.45) is 0 Å². The van der Waals surface area contributed by atoms with Gasteiger partial charge in [-0.1, -0.05) is 17.7 Å². The van der Waals surface area contributed by atoms with E-state index in [1.54, 1.807) is 30.1 Å². The number of aromatic nitrogens is 4. The molecule has 1 aliphatic rings. The van der Waals surface area contributed by atoms with Crippen molar-refractivity contribution in [3.63, 3.8) is 0 Å². The molecule has 0 radical (unpaired) electrons. The van der Waals surface area contributed by atoms with E-state index >= 15 is 0 Å². The third-order valence-corrected chi connectivity index (χ3v) is 5.00. The van der Waals surface area contributed by atoms with E-state index in [-0.39, 0.29) is 6.10 Å². The summed E-state index contributed by atoms with van der Waals surface area (Å²) in [6.07, 6.45) is 5.62. The van der Waals surface area contributed by atoms with E-state index in [0.29, 0.717) is 29.7 Å². The van der Waals surface area contributed by atoms with E-state index in [4.69, 9.17) is 25.8 Å². The fraction of sp³-hybridized carbons (Fsp3) is 0.190. The van der Waals surface area contributed by atoms with E-state index in [2.05, 4.69) is 15.1 Å². The van der Waals surface area contributed by atoms with Crippen LogP contribution >= 0.6 is 11.6 Å². The van der Waals surface area contributed by atoms with Gasteiger partial charge in [0.15, 0.2) is 23.3 Å². The number of hydrogen-bond donors (Lipinski definition) is 0. The van der Waals surface area contributed by atoms with Crippen LogP contribution in [-0.2, 0) is 6.42 Å². The lowest BCUT2D eigenvalue weighted by atomic mass is 10.1. The molecule has 0 spiro atoms. The standard InChI is InChI=1S/C21H17ClN4O3/c1-27-21-5-3-14(9-24-21)19-12-28-18-7-13(2-4-17(18)29-19)6-16-11-23-20-8-15(22)10-25-26(16)20/h2-5,7-11,19H,6,12H2,1H3. The quantitative estimate of drug-likeness (QED) is 0.510. The number of fused-ring (bicyclic) bond motifs is 2. The summed E-state index contributed by atoms with van der Waals surface area (Å²) in [6.45, 7) is 0.417. The van der Waals surface area contributed by atoms with Crippen LogP contribution in [0.25, 0.3) is 5.65 Å². The van der Waals surface area contributed by atoms with Gasteiger partial charge in [-0.3, -0.25) is 0 Å². The van der Waals surface area contributed by atoms with Crippen molar-refractivity contribution in [2.75, 3.05) is 13.7 Å². The molecule has 1 atom stereocenters. The largest absolute Gasteiger partial charge is 0.485 e. The summed E-state index contributed by atoms with van der Waals surface area (Å²) in [5.41, 5.74) is 3.71. The zero-order valence-electron chi connectivity index (χ0n) is 15.6. The molecule has 1 aromatic carbocycles. The van der Waals surface area contributed by atoms with Crippen LogP contribution in [0.15, 0.2) is 55.0 Å². The van der Waals surface area contributed by atoms with E-state index in [9.17, 15) is 0 Å². The molecule has 7 nitrogen and oxygen atoms in total. The van der Waals surface area contributed by atoms with Gasteiger partial charge in [0.2, 0.25) is 5.88 Å². The monoisotopic (exact) mass is 408 g/mol. The first kappa shape index (κ1) is 17.8. The smallest absolute Gasteiger partial charge is 0.212 e. The number of benzene rings is 1. The lowest BCUT2D eigenvalue weighted by molar-refractivity contribution is 0.0908. The molecule has 8 heteroatoms. The maximum absolute atomic E-state index is 6.11. The van der Waals surface area contributed by atoms with Crippen LogP contribution in [0.4, 0.5) is 0 Å². The van der Waals surface area contributed by atoms with Crippen LogP contribution in [0.1, 0.15) is 22.9 Å². The summed E-state index contributed by atoms with van der Waals surface area (Å²) >= 11 is 5.98. The number of hydrogen-bond acceptors (Lipinski definition) is 6. The first-order chi connectivity index (χ1) is 14.2. The van der Waals surface area contributed by atoms with E-state index in [1.165, 1.54) is 0 Å². The Kier molecular flexibility index (Phi) is 4.44. The molecule has 0 aliphatic carbocycles. The van der Waals surface area contributed by atoms with Crippen molar-refractivity contribution < 1.29 is 14.2 Å². The van der Waals surface area contributed by atoms with Crippen LogP contribution in [0.5, 0.6) is 17.4 Å². The predicted molar refractivity (Wildman–Crippen MR) is 107 cm³/mol. The van der Waals surface area contributed by atoms with Gasteiger partial charge >= 0.3 is 0 Å². The van der Waals surface area contributed by atoms with E-state index in [1.807, 2.05) is 36.5 Å². The molecule has 1 unspecified atom stereocenters. The molecule has 4 aromatic rings. The highest BCUT2D eigenvalue weighted by atomic mass is 35.5. The first-order valence-corrected chi connectivity index (χ1v) is 9.48. The molecule has 29 heavy (non-hydrogen) atoms. The number of ether oxygens (including phenoxy) is 3. The second kappa shape index (κ2) is 7.25. The van der Waals surface area contributed by atoms with Crippen molar-refractivity contribution in [2.45, 2.75) is 12.5 Å². The summed E-state index contributed by atoms with van der Waals surface area (Å²) in [5.74, 6) is 2.01. The number of nitrogens with zero attached hydrogens (tertiary/aromatic N) is 4. The minimum Gasteiger partial charge on any atom is -0.485 e. The molecule has 0 bridgehead atoms. The number of halogens is 1. The second-order valence-electron chi connectivity index (χ2n) is 6.70. The zero-order valence-corrected chi connectivity index (χ0v) is 16.3. The number of rotatable bonds is 4. The van der Waals surface area contributed by atoms with Gasteiger partial charge in [-0.15, -0.1) is 0 Å². The van der Waals surface area contributed by atoms with E-state index in [0.717, 1.165) is 28.2 Å². The van der Waals surface area contributed by atoms with Gasteiger partial charge in [0, 0.05) is 30.3 Å². The highest BCUT2D eigenvalue weighted by Crippen LogP contribution is 2.37. The van der Waals surface area contributed by atoms with Crippen LogP contribution in [-0.4, -0.2) is 33.3 Å². The first-order valence-electron chi connectivity index (χ1n) is 9.10. The van der Waals surface area contributed by atoms with Crippen molar-refractivity contribution in [1.29, 1.82) is 0 Å². The average molecular weight is 409 g/mol. The Morgan fingerprint density at radius 1 is 1.10 bits per heavy atom. The number of imidazole rings is 1. The number of methoxy groups -OCH3 is 1. The molecule has 0 N–H and O–H groups in total. The third-order valence-electron chi connectivity index (χ3n) is 4.79. The average Bonchev–Trinajstić information content (AvgIpc) is 3.15. The Hall–Kier alpha value is -3.32. The highest BCUT2D eigenvalue weighted by molar-refractivity contribution is 6.30. The predicted octanol–water partition coefficient (Wildman–Crippen LogP) is 3.89. The molecule has 0 saturated carbocycles. The minimum absolute atomic E-state index is 0.209. The zero-order chi connectivity index (χ0) is 19.8. The normalized spacial score (nSPS) is 15.4. The minimum atomic E-state index is -0.209. The molecule has 1 aliphatic heterocycles. The van der Waals surface area contributed by atoms with Crippen molar-refractivity contribution in [1.82, 2.24) is 19.6 Å². The SMILES string of the molecule is COc1ccc(C2COc3cc(Cc4cnc5cc(Cl)cnn45)ccc3O2)cn1. The van der Waals surface area contributed by atoms with Crippen LogP contribution in [0, 0.1) is 0 Å². The molecule has 0 fully saturated rings. The Morgan fingerprint density at radius 2 is 2.03 bits per heavy atom. The Bertz CT molecular complexity index is 1180. The van der Waals surface area contributed by atoms with Gasteiger partial charge in [-0.05, 0) is 23.8 Å². The van der Waals surface area contributed by atoms with Crippen LogP contribution < -0.4 is 14.2 Å². The van der Waals surface area contributed by atoms with Crippen molar-refractivity contribution >= 4 is 17.2 Å². The van der Waals surface area contributed by atoms with Gasteiger partial charge in [0.25, 0.3) is 0 Å². The van der Waals surface area contributed by atoms with Crippen molar-refractivity contribution in [3.05, 3.63) is 76.8 Å². The Morgan fingerprint density at radius 3 is 2.86 bits per heavy atom. The maximum Gasteiger partial charge on any atom is 0.212 e. The Balaban J connectivity index is 1.35. The van der Waals surface area contributed by atoms with Crippen LogP contribution in [0.3, 0.4) is 0 Å². The molecule has 3 aromatic heterocycles. The third kappa shape index (κ3) is 3.45. The maximum atomic E-state index is 6.11.